The lowest BCUT2D eigenvalue weighted by atomic mass is 9.81. The molecule has 1 aliphatic rings. The molecular formula is C9H17NO2+2. The van der Waals surface area contributed by atoms with Crippen molar-refractivity contribution in [2.24, 2.45) is 0 Å². The number of nitrogens with zero attached hydrogens (tertiary/aromatic N) is 1. The lowest BCUT2D eigenvalue weighted by Crippen LogP contribution is -2.55. The van der Waals surface area contributed by atoms with Crippen molar-refractivity contribution >= 4 is 0 Å². The highest BCUT2D eigenvalue weighted by Gasteiger charge is 2.58. The molecule has 0 aliphatic carbocycles. The van der Waals surface area contributed by atoms with Crippen molar-refractivity contribution in [1.82, 2.24) is 0 Å². The van der Waals surface area contributed by atoms with Gasteiger partial charge >= 0.3 is 5.54 Å². The summed E-state index contributed by atoms with van der Waals surface area (Å²) in [6.45, 7) is 9.26. The van der Waals surface area contributed by atoms with E-state index in [0.717, 1.165) is 4.76 Å². The Balaban J connectivity index is 2.91. The molecule has 0 saturated carbocycles. The van der Waals surface area contributed by atoms with E-state index in [1.54, 1.807) is 6.92 Å². The molecule has 1 aliphatic heterocycles. The normalized spacial score (nSPS) is 41.3. The third kappa shape index (κ3) is 1.46. The minimum Gasteiger partial charge on any atom is -0.392 e. The Bertz CT molecular complexity index is 189. The summed E-state index contributed by atoms with van der Waals surface area (Å²) in [6, 6.07) is 0. The SMILES string of the molecule is [CH2+]C1(C)CC(O)CC(C)(C)[N+]1=O. The summed E-state index contributed by atoms with van der Waals surface area (Å²) in [6.07, 6.45) is 0.592. The second kappa shape index (κ2) is 2.46. The second-order valence-electron chi connectivity index (χ2n) is 4.67. The molecule has 0 spiro atoms. The third-order valence-corrected chi connectivity index (χ3v) is 2.45. The average Bonchev–Trinajstić information content (AvgIpc) is 1.80. The van der Waals surface area contributed by atoms with Crippen LogP contribution in [0.5, 0.6) is 0 Å². The van der Waals surface area contributed by atoms with E-state index in [2.05, 4.69) is 6.92 Å². The Labute approximate surface area is 73.4 Å². The van der Waals surface area contributed by atoms with E-state index in [0.29, 0.717) is 12.8 Å². The molecule has 12 heavy (non-hydrogen) atoms. The summed E-state index contributed by atoms with van der Waals surface area (Å²) in [7, 11) is 0. The smallest absolute Gasteiger partial charge is 0.334 e. The van der Waals surface area contributed by atoms with Gasteiger partial charge in [0.25, 0.3) is 0 Å². The number of aliphatic hydroxyl groups excluding tert-OH is 1. The Morgan fingerprint density at radius 3 is 2.33 bits per heavy atom. The van der Waals surface area contributed by atoms with E-state index in [1.807, 2.05) is 13.8 Å². The van der Waals surface area contributed by atoms with Crippen LogP contribution in [0.4, 0.5) is 0 Å². The van der Waals surface area contributed by atoms with Crippen LogP contribution in [0.1, 0.15) is 33.6 Å². The molecule has 1 saturated heterocycles. The van der Waals surface area contributed by atoms with Gasteiger partial charge in [0.15, 0.2) is 0 Å². The molecule has 0 bridgehead atoms. The standard InChI is InChI=1S/C9H17NO2/c1-8(2)5-7(11)6-9(3,4)10(8)12/h7,11H,1,5-6H2,2-4H3/q+2. The molecule has 0 aromatic heterocycles. The summed E-state index contributed by atoms with van der Waals surface area (Å²) in [4.78, 5) is 11.7. The van der Waals surface area contributed by atoms with Crippen molar-refractivity contribution in [3.63, 3.8) is 0 Å². The maximum absolute atomic E-state index is 11.7. The quantitative estimate of drug-likeness (QED) is 0.440. The largest absolute Gasteiger partial charge is 0.392 e. The lowest BCUT2D eigenvalue weighted by molar-refractivity contribution is -0.689. The second-order valence-corrected chi connectivity index (χ2v) is 4.67. The van der Waals surface area contributed by atoms with E-state index in [-0.39, 0.29) is 0 Å². The first-order valence-electron chi connectivity index (χ1n) is 4.27. The van der Waals surface area contributed by atoms with Crippen LogP contribution in [-0.2, 0) is 0 Å². The van der Waals surface area contributed by atoms with Crippen molar-refractivity contribution in [1.29, 1.82) is 0 Å². The van der Waals surface area contributed by atoms with Gasteiger partial charge in [0.05, 0.1) is 12.5 Å². The van der Waals surface area contributed by atoms with Crippen molar-refractivity contribution in [2.75, 3.05) is 0 Å². The monoisotopic (exact) mass is 171 g/mol. The van der Waals surface area contributed by atoms with Crippen LogP contribution in [0.3, 0.4) is 0 Å². The Morgan fingerprint density at radius 1 is 1.42 bits per heavy atom. The van der Waals surface area contributed by atoms with Crippen molar-refractivity contribution in [2.45, 2.75) is 50.8 Å². The topological polar surface area (TPSA) is 40.3 Å². The molecule has 3 nitrogen and oxygen atoms in total. The first kappa shape index (κ1) is 9.52. The fourth-order valence-electron chi connectivity index (χ4n) is 2.05. The summed E-state index contributed by atoms with van der Waals surface area (Å²) in [5, 5.41) is 9.49. The van der Waals surface area contributed by atoms with E-state index >= 15 is 0 Å². The van der Waals surface area contributed by atoms with Gasteiger partial charge in [-0.3, -0.25) is 0 Å². The van der Waals surface area contributed by atoms with Crippen LogP contribution < -0.4 is 0 Å². The number of piperidine rings is 1. The average molecular weight is 171 g/mol. The highest BCUT2D eigenvalue weighted by Crippen LogP contribution is 2.33. The molecule has 1 heterocycles. The van der Waals surface area contributed by atoms with Gasteiger partial charge in [-0.25, -0.2) is 0 Å². The number of aliphatic hydroxyl groups is 1. The maximum Gasteiger partial charge on any atom is 0.334 e. The van der Waals surface area contributed by atoms with E-state index in [4.69, 9.17) is 0 Å². The number of hydrogen-bond donors (Lipinski definition) is 1. The van der Waals surface area contributed by atoms with Gasteiger partial charge < -0.3 is 5.11 Å². The van der Waals surface area contributed by atoms with Gasteiger partial charge in [0.2, 0.25) is 5.54 Å². The molecule has 0 aromatic carbocycles. The van der Waals surface area contributed by atoms with E-state index < -0.39 is 17.2 Å². The van der Waals surface area contributed by atoms with Gasteiger partial charge in [-0.15, -0.1) is 0 Å². The van der Waals surface area contributed by atoms with Crippen molar-refractivity contribution in [3.8, 4) is 0 Å². The van der Waals surface area contributed by atoms with Crippen molar-refractivity contribution < 1.29 is 9.87 Å². The van der Waals surface area contributed by atoms with Gasteiger partial charge in [-0.2, -0.15) is 0 Å². The summed E-state index contributed by atoms with van der Waals surface area (Å²) < 4.78 is 1.01. The van der Waals surface area contributed by atoms with Crippen LogP contribution in [0.15, 0.2) is 0 Å². The Kier molecular flexibility index (Phi) is 1.95. The minimum atomic E-state index is -0.679. The summed E-state index contributed by atoms with van der Waals surface area (Å²) in [5.74, 6) is 0. The van der Waals surface area contributed by atoms with Gasteiger partial charge in [-0.1, -0.05) is 0 Å². The molecule has 2 unspecified atom stereocenters. The number of rotatable bonds is 0. The maximum atomic E-state index is 11.7. The fourth-order valence-corrected chi connectivity index (χ4v) is 2.05. The zero-order valence-corrected chi connectivity index (χ0v) is 8.00. The summed E-state index contributed by atoms with van der Waals surface area (Å²) in [5.41, 5.74) is -1.17. The first-order chi connectivity index (χ1) is 5.26. The number of hydrogen-bond acceptors (Lipinski definition) is 2. The molecule has 1 N–H and O–H groups in total. The fraction of sp³-hybridized carbons (Fsp3) is 0.889. The Morgan fingerprint density at radius 2 is 1.92 bits per heavy atom. The molecule has 0 radical (unpaired) electrons. The van der Waals surface area contributed by atoms with Gasteiger partial charge in [-0.05, 0) is 0 Å². The van der Waals surface area contributed by atoms with Gasteiger partial charge in [0.1, 0.15) is 6.92 Å². The third-order valence-electron chi connectivity index (χ3n) is 2.45. The minimum absolute atomic E-state index is 0.396. The van der Waals surface area contributed by atoms with E-state index in [1.165, 1.54) is 0 Å². The Hall–Kier alpha value is -0.570. The molecule has 1 fully saturated rings. The van der Waals surface area contributed by atoms with Crippen molar-refractivity contribution in [3.05, 3.63) is 11.8 Å². The highest BCUT2D eigenvalue weighted by atomic mass is 16.3. The van der Waals surface area contributed by atoms with Gasteiger partial charge in [0, 0.05) is 36.9 Å². The van der Waals surface area contributed by atoms with Crippen LogP contribution in [0, 0.1) is 11.8 Å². The molecule has 3 heteroatoms. The van der Waals surface area contributed by atoms with E-state index in [9.17, 15) is 10.0 Å². The molecule has 0 amide bonds. The molecule has 2 atom stereocenters. The molecule has 0 aromatic rings. The molecular weight excluding hydrogens is 154 g/mol. The van der Waals surface area contributed by atoms with Crippen LogP contribution in [0.25, 0.3) is 0 Å². The summed E-state index contributed by atoms with van der Waals surface area (Å²) >= 11 is 0. The first-order valence-corrected chi connectivity index (χ1v) is 4.27. The lowest BCUT2D eigenvalue weighted by Gasteiger charge is -2.30. The highest BCUT2D eigenvalue weighted by molar-refractivity contribution is 4.89. The number of nitroso groups, excluding NO2 is 1. The van der Waals surface area contributed by atoms with Crippen LogP contribution in [-0.4, -0.2) is 27.0 Å². The zero-order chi connectivity index (χ0) is 9.57. The molecule has 1 rings (SSSR count). The predicted octanol–water partition coefficient (Wildman–Crippen LogP) is 1.29. The predicted molar refractivity (Wildman–Crippen MR) is 46.7 cm³/mol. The zero-order valence-electron chi connectivity index (χ0n) is 8.00. The molecule has 68 valence electrons. The van der Waals surface area contributed by atoms with Crippen LogP contribution >= 0.6 is 0 Å². The van der Waals surface area contributed by atoms with Crippen LogP contribution in [0.2, 0.25) is 0 Å².